The fourth-order valence-electron chi connectivity index (χ4n) is 1.68. The van der Waals surface area contributed by atoms with Crippen LogP contribution in [0.3, 0.4) is 0 Å². The molecule has 0 spiro atoms. The summed E-state index contributed by atoms with van der Waals surface area (Å²) in [7, 11) is 0. The first-order valence-electron chi connectivity index (χ1n) is 6.37. The van der Waals surface area contributed by atoms with E-state index in [0.29, 0.717) is 5.41 Å². The monoisotopic (exact) mass is 235 g/mol. The van der Waals surface area contributed by atoms with Crippen molar-refractivity contribution >= 4 is 0 Å². The van der Waals surface area contributed by atoms with Crippen molar-refractivity contribution < 1.29 is 4.74 Å². The number of benzene rings is 1. The topological polar surface area (TPSA) is 35.2 Å². The average molecular weight is 235 g/mol. The zero-order chi connectivity index (χ0) is 12.9. The summed E-state index contributed by atoms with van der Waals surface area (Å²) in [5.74, 6) is 0.925. The van der Waals surface area contributed by atoms with Gasteiger partial charge < -0.3 is 10.5 Å². The molecule has 1 aromatic rings. The molecule has 0 radical (unpaired) electrons. The molecule has 1 atom stereocenters. The summed E-state index contributed by atoms with van der Waals surface area (Å²) in [6.45, 7) is 9.52. The van der Waals surface area contributed by atoms with Crippen molar-refractivity contribution in [1.82, 2.24) is 0 Å². The Hall–Kier alpha value is -1.02. The largest absolute Gasteiger partial charge is 0.494 e. The maximum absolute atomic E-state index is 5.84. The lowest BCUT2D eigenvalue weighted by molar-refractivity contribution is 0.269. The maximum Gasteiger partial charge on any atom is 0.119 e. The summed E-state index contributed by atoms with van der Waals surface area (Å²) in [4.78, 5) is 0. The minimum atomic E-state index is 0.0631. The van der Waals surface area contributed by atoms with Gasteiger partial charge in [0, 0.05) is 6.04 Å². The minimum absolute atomic E-state index is 0.0631. The number of ether oxygens (including phenoxy) is 1. The van der Waals surface area contributed by atoms with Crippen LogP contribution in [0.5, 0.6) is 5.75 Å². The average Bonchev–Trinajstić information content (AvgIpc) is 2.23. The SMILES string of the molecule is CC(N)c1cccc(OCCCC(C)(C)C)c1. The fraction of sp³-hybridized carbons (Fsp3) is 0.600. The third kappa shape index (κ3) is 5.73. The molecular weight excluding hydrogens is 210 g/mol. The summed E-state index contributed by atoms with van der Waals surface area (Å²) in [6, 6.07) is 8.11. The molecule has 1 aromatic carbocycles. The van der Waals surface area contributed by atoms with Crippen molar-refractivity contribution in [2.75, 3.05) is 6.61 Å². The Morgan fingerprint density at radius 1 is 1.29 bits per heavy atom. The Bertz CT molecular complexity index is 339. The predicted molar refractivity (Wildman–Crippen MR) is 73.2 cm³/mol. The predicted octanol–water partition coefficient (Wildman–Crippen LogP) is 3.91. The molecular formula is C15H25NO. The van der Waals surface area contributed by atoms with Crippen molar-refractivity contribution in [2.45, 2.75) is 46.6 Å². The van der Waals surface area contributed by atoms with E-state index in [4.69, 9.17) is 10.5 Å². The third-order valence-electron chi connectivity index (χ3n) is 2.72. The van der Waals surface area contributed by atoms with Gasteiger partial charge in [-0.15, -0.1) is 0 Å². The molecule has 0 amide bonds. The maximum atomic E-state index is 5.84. The van der Waals surface area contributed by atoms with Crippen molar-refractivity contribution in [2.24, 2.45) is 11.1 Å². The first-order chi connectivity index (χ1) is 7.88. The first-order valence-corrected chi connectivity index (χ1v) is 6.37. The van der Waals surface area contributed by atoms with Gasteiger partial charge in [0.1, 0.15) is 5.75 Å². The van der Waals surface area contributed by atoms with Crippen molar-refractivity contribution in [3.8, 4) is 5.75 Å². The molecule has 2 nitrogen and oxygen atoms in total. The Balaban J connectivity index is 2.39. The summed E-state index contributed by atoms with van der Waals surface area (Å²) >= 11 is 0. The van der Waals surface area contributed by atoms with Gasteiger partial charge in [0.25, 0.3) is 0 Å². The third-order valence-corrected chi connectivity index (χ3v) is 2.72. The van der Waals surface area contributed by atoms with E-state index >= 15 is 0 Å². The minimum Gasteiger partial charge on any atom is -0.494 e. The number of nitrogens with two attached hydrogens (primary N) is 1. The number of hydrogen-bond acceptors (Lipinski definition) is 2. The highest BCUT2D eigenvalue weighted by Gasteiger charge is 2.09. The van der Waals surface area contributed by atoms with Crippen LogP contribution in [-0.4, -0.2) is 6.61 Å². The van der Waals surface area contributed by atoms with E-state index in [-0.39, 0.29) is 6.04 Å². The van der Waals surface area contributed by atoms with Gasteiger partial charge in [0.05, 0.1) is 6.61 Å². The number of hydrogen-bond donors (Lipinski definition) is 1. The molecule has 0 aliphatic heterocycles. The van der Waals surface area contributed by atoms with Gasteiger partial charge in [0.15, 0.2) is 0 Å². The van der Waals surface area contributed by atoms with E-state index in [0.717, 1.165) is 24.3 Å². The second-order valence-corrected chi connectivity index (χ2v) is 5.87. The van der Waals surface area contributed by atoms with Gasteiger partial charge in [-0.1, -0.05) is 32.9 Å². The van der Waals surface area contributed by atoms with Crippen LogP contribution in [-0.2, 0) is 0 Å². The van der Waals surface area contributed by atoms with Gasteiger partial charge >= 0.3 is 0 Å². The number of rotatable bonds is 5. The molecule has 0 aliphatic carbocycles. The van der Waals surface area contributed by atoms with Crippen LogP contribution in [0.2, 0.25) is 0 Å². The van der Waals surface area contributed by atoms with E-state index < -0.39 is 0 Å². The molecule has 96 valence electrons. The van der Waals surface area contributed by atoms with Crippen LogP contribution in [0, 0.1) is 5.41 Å². The van der Waals surface area contributed by atoms with Crippen LogP contribution in [0.1, 0.15) is 52.1 Å². The van der Waals surface area contributed by atoms with E-state index in [1.165, 1.54) is 6.42 Å². The molecule has 2 N–H and O–H groups in total. The van der Waals surface area contributed by atoms with Gasteiger partial charge in [-0.25, -0.2) is 0 Å². The Kier molecular flexibility index (Phi) is 5.01. The van der Waals surface area contributed by atoms with E-state index in [2.05, 4.69) is 20.8 Å². The Morgan fingerprint density at radius 3 is 2.59 bits per heavy atom. The van der Waals surface area contributed by atoms with Crippen molar-refractivity contribution in [1.29, 1.82) is 0 Å². The van der Waals surface area contributed by atoms with Gasteiger partial charge in [-0.05, 0) is 42.9 Å². The van der Waals surface area contributed by atoms with Gasteiger partial charge in [-0.3, -0.25) is 0 Å². The summed E-state index contributed by atoms with van der Waals surface area (Å²) in [5.41, 5.74) is 7.35. The molecule has 0 fully saturated rings. The Labute approximate surface area is 105 Å². The van der Waals surface area contributed by atoms with Gasteiger partial charge in [0.2, 0.25) is 0 Å². The summed E-state index contributed by atoms with van der Waals surface area (Å²) in [5, 5.41) is 0. The van der Waals surface area contributed by atoms with Crippen LogP contribution in [0.4, 0.5) is 0 Å². The lowest BCUT2D eigenvalue weighted by atomic mass is 9.91. The molecule has 17 heavy (non-hydrogen) atoms. The molecule has 0 heterocycles. The van der Waals surface area contributed by atoms with Crippen LogP contribution in [0.25, 0.3) is 0 Å². The zero-order valence-corrected chi connectivity index (χ0v) is 11.5. The standard InChI is InChI=1S/C15H25NO/c1-12(16)13-7-5-8-14(11-13)17-10-6-9-15(2,3)4/h5,7-8,11-12H,6,9-10,16H2,1-4H3. The van der Waals surface area contributed by atoms with Crippen LogP contribution >= 0.6 is 0 Å². The molecule has 0 saturated carbocycles. The lowest BCUT2D eigenvalue weighted by Crippen LogP contribution is -2.08. The van der Waals surface area contributed by atoms with Crippen LogP contribution < -0.4 is 10.5 Å². The molecule has 0 bridgehead atoms. The smallest absolute Gasteiger partial charge is 0.119 e. The van der Waals surface area contributed by atoms with E-state index in [9.17, 15) is 0 Å². The molecule has 0 aromatic heterocycles. The Morgan fingerprint density at radius 2 is 2.00 bits per heavy atom. The fourth-order valence-corrected chi connectivity index (χ4v) is 1.68. The second-order valence-electron chi connectivity index (χ2n) is 5.87. The summed E-state index contributed by atoms with van der Waals surface area (Å²) < 4.78 is 5.74. The molecule has 0 saturated heterocycles. The van der Waals surface area contributed by atoms with E-state index in [1.807, 2.05) is 31.2 Å². The van der Waals surface area contributed by atoms with Crippen molar-refractivity contribution in [3.63, 3.8) is 0 Å². The molecule has 0 aliphatic rings. The summed E-state index contributed by atoms with van der Waals surface area (Å²) in [6.07, 6.45) is 2.27. The lowest BCUT2D eigenvalue weighted by Gasteiger charge is -2.18. The highest BCUT2D eigenvalue weighted by Crippen LogP contribution is 2.21. The highest BCUT2D eigenvalue weighted by molar-refractivity contribution is 5.30. The quantitative estimate of drug-likeness (QED) is 0.785. The zero-order valence-electron chi connectivity index (χ0n) is 11.5. The second kappa shape index (κ2) is 6.06. The molecule has 1 unspecified atom stereocenters. The van der Waals surface area contributed by atoms with Crippen LogP contribution in [0.15, 0.2) is 24.3 Å². The first kappa shape index (κ1) is 14.0. The van der Waals surface area contributed by atoms with Crippen molar-refractivity contribution in [3.05, 3.63) is 29.8 Å². The highest BCUT2D eigenvalue weighted by atomic mass is 16.5. The molecule has 1 rings (SSSR count). The molecule has 2 heteroatoms. The normalized spacial score (nSPS) is 13.5. The van der Waals surface area contributed by atoms with Gasteiger partial charge in [-0.2, -0.15) is 0 Å². The van der Waals surface area contributed by atoms with E-state index in [1.54, 1.807) is 0 Å².